The Kier molecular flexibility index (Phi) is 7.64. The second-order valence-electron chi connectivity index (χ2n) is 5.76. The van der Waals surface area contributed by atoms with Crippen LogP contribution in [0.4, 0.5) is 0 Å². The van der Waals surface area contributed by atoms with Gasteiger partial charge in [-0.05, 0) is 17.7 Å². The Balaban J connectivity index is 1.76. The van der Waals surface area contributed by atoms with Crippen LogP contribution in [-0.2, 0) is 20.7 Å². The van der Waals surface area contributed by atoms with E-state index in [1.807, 2.05) is 60.7 Å². The van der Waals surface area contributed by atoms with E-state index in [0.29, 0.717) is 6.61 Å². The second-order valence-corrected chi connectivity index (χ2v) is 5.76. The Morgan fingerprint density at radius 2 is 1.62 bits per heavy atom. The van der Waals surface area contributed by atoms with Crippen LogP contribution in [0.5, 0.6) is 5.75 Å². The quantitative estimate of drug-likeness (QED) is 0.660. The fourth-order valence-electron chi connectivity index (χ4n) is 2.40. The van der Waals surface area contributed by atoms with Gasteiger partial charge >= 0.3 is 5.97 Å². The first-order valence-electron chi connectivity index (χ1n) is 8.36. The maximum atomic E-state index is 12.2. The molecule has 0 aliphatic heterocycles. The fourth-order valence-corrected chi connectivity index (χ4v) is 2.40. The third kappa shape index (κ3) is 6.22. The second kappa shape index (κ2) is 10.2. The van der Waals surface area contributed by atoms with Gasteiger partial charge in [-0.25, -0.2) is 4.79 Å². The maximum Gasteiger partial charge on any atom is 0.326 e. The van der Waals surface area contributed by atoms with Crippen molar-refractivity contribution in [3.05, 3.63) is 66.2 Å². The standard InChI is InChI=1S/C20H23NO5/c1-21(18(20(23)24)14-16-8-4-2-5-9-16)19(22)15-25-12-13-26-17-10-6-3-7-11-17/h2-11,18H,12-15H2,1H3,(H,23,24). The van der Waals surface area contributed by atoms with Crippen molar-refractivity contribution in [1.82, 2.24) is 4.90 Å². The van der Waals surface area contributed by atoms with Gasteiger partial charge < -0.3 is 19.5 Å². The fraction of sp³-hybridized carbons (Fsp3) is 0.300. The van der Waals surface area contributed by atoms with Crippen LogP contribution in [0.1, 0.15) is 5.56 Å². The summed E-state index contributed by atoms with van der Waals surface area (Å²) in [7, 11) is 1.48. The molecular weight excluding hydrogens is 334 g/mol. The number of likely N-dealkylation sites (N-methyl/N-ethyl adjacent to an activating group) is 1. The molecule has 2 aromatic rings. The van der Waals surface area contributed by atoms with E-state index in [-0.39, 0.29) is 25.5 Å². The van der Waals surface area contributed by atoms with Gasteiger partial charge in [0.2, 0.25) is 5.91 Å². The van der Waals surface area contributed by atoms with Gasteiger partial charge in [-0.2, -0.15) is 0 Å². The molecule has 0 saturated heterocycles. The zero-order valence-corrected chi connectivity index (χ0v) is 14.7. The van der Waals surface area contributed by atoms with E-state index in [1.54, 1.807) is 0 Å². The summed E-state index contributed by atoms with van der Waals surface area (Å²) in [5.41, 5.74) is 0.858. The highest BCUT2D eigenvalue weighted by Gasteiger charge is 2.26. The largest absolute Gasteiger partial charge is 0.491 e. The lowest BCUT2D eigenvalue weighted by Gasteiger charge is -2.25. The molecule has 0 fully saturated rings. The molecule has 0 heterocycles. The summed E-state index contributed by atoms with van der Waals surface area (Å²) < 4.78 is 10.8. The number of nitrogens with zero attached hydrogens (tertiary/aromatic N) is 1. The number of carbonyl (C=O) groups excluding carboxylic acids is 1. The topological polar surface area (TPSA) is 76.1 Å². The van der Waals surface area contributed by atoms with E-state index in [2.05, 4.69) is 0 Å². The number of hydrogen-bond donors (Lipinski definition) is 1. The van der Waals surface area contributed by atoms with Crippen LogP contribution in [0.15, 0.2) is 60.7 Å². The summed E-state index contributed by atoms with van der Waals surface area (Å²) in [6.07, 6.45) is 0.246. The Bertz CT molecular complexity index is 690. The molecule has 2 aromatic carbocycles. The number of aliphatic carboxylic acids is 1. The molecule has 138 valence electrons. The number of ether oxygens (including phenoxy) is 2. The van der Waals surface area contributed by atoms with Gasteiger partial charge in [-0.1, -0.05) is 48.5 Å². The van der Waals surface area contributed by atoms with Gasteiger partial charge in [0, 0.05) is 13.5 Å². The molecule has 0 saturated carbocycles. The van der Waals surface area contributed by atoms with Crippen LogP contribution in [-0.4, -0.2) is 54.8 Å². The molecule has 1 amide bonds. The predicted molar refractivity (Wildman–Crippen MR) is 97.1 cm³/mol. The van der Waals surface area contributed by atoms with Crippen LogP contribution in [0.2, 0.25) is 0 Å². The summed E-state index contributed by atoms with van der Waals surface area (Å²) in [6.45, 7) is 0.367. The van der Waals surface area contributed by atoms with Crippen molar-refractivity contribution in [2.24, 2.45) is 0 Å². The molecule has 1 atom stereocenters. The molecule has 0 spiro atoms. The van der Waals surface area contributed by atoms with Crippen molar-refractivity contribution >= 4 is 11.9 Å². The number of carboxylic acid groups (broad SMARTS) is 1. The van der Waals surface area contributed by atoms with Crippen LogP contribution < -0.4 is 4.74 Å². The maximum absolute atomic E-state index is 12.2. The van der Waals surface area contributed by atoms with Crippen molar-refractivity contribution in [3.8, 4) is 5.75 Å². The molecule has 0 radical (unpaired) electrons. The van der Waals surface area contributed by atoms with Gasteiger partial charge in [0.1, 0.15) is 25.0 Å². The molecule has 0 aliphatic rings. The minimum absolute atomic E-state index is 0.187. The third-order valence-electron chi connectivity index (χ3n) is 3.88. The molecule has 1 N–H and O–H groups in total. The van der Waals surface area contributed by atoms with Gasteiger partial charge in [0.25, 0.3) is 0 Å². The first-order chi connectivity index (χ1) is 12.6. The summed E-state index contributed by atoms with van der Waals surface area (Å²) in [6, 6.07) is 17.6. The molecular formula is C20H23NO5. The van der Waals surface area contributed by atoms with E-state index >= 15 is 0 Å². The van der Waals surface area contributed by atoms with Crippen molar-refractivity contribution in [2.75, 3.05) is 26.9 Å². The molecule has 2 rings (SSSR count). The number of benzene rings is 2. The molecule has 6 nitrogen and oxygen atoms in total. The highest BCUT2D eigenvalue weighted by molar-refractivity contribution is 5.84. The van der Waals surface area contributed by atoms with Crippen molar-refractivity contribution in [1.29, 1.82) is 0 Å². The molecule has 0 aromatic heterocycles. The number of carbonyl (C=O) groups is 2. The highest BCUT2D eigenvalue weighted by atomic mass is 16.5. The van der Waals surface area contributed by atoms with Gasteiger partial charge in [0.05, 0.1) is 6.61 Å². The Hall–Kier alpha value is -2.86. The molecule has 1 unspecified atom stereocenters. The minimum atomic E-state index is -1.04. The summed E-state index contributed by atoms with van der Waals surface area (Å²) >= 11 is 0. The lowest BCUT2D eigenvalue weighted by molar-refractivity contribution is -0.150. The minimum Gasteiger partial charge on any atom is -0.491 e. The van der Waals surface area contributed by atoms with Gasteiger partial charge in [-0.15, -0.1) is 0 Å². The van der Waals surface area contributed by atoms with E-state index < -0.39 is 12.0 Å². The summed E-state index contributed by atoms with van der Waals surface area (Å²) in [5.74, 6) is -0.696. The molecule has 0 bridgehead atoms. The zero-order chi connectivity index (χ0) is 18.8. The first kappa shape index (κ1) is 19.5. The highest BCUT2D eigenvalue weighted by Crippen LogP contribution is 2.09. The normalized spacial score (nSPS) is 11.6. The number of rotatable bonds is 10. The van der Waals surface area contributed by atoms with Crippen LogP contribution in [0.25, 0.3) is 0 Å². The smallest absolute Gasteiger partial charge is 0.326 e. The third-order valence-corrected chi connectivity index (χ3v) is 3.88. The van der Waals surface area contributed by atoms with Crippen molar-refractivity contribution in [3.63, 3.8) is 0 Å². The average molecular weight is 357 g/mol. The van der Waals surface area contributed by atoms with Crippen LogP contribution in [0.3, 0.4) is 0 Å². The molecule has 6 heteroatoms. The van der Waals surface area contributed by atoms with E-state index in [4.69, 9.17) is 9.47 Å². The Morgan fingerprint density at radius 1 is 1.00 bits per heavy atom. The van der Waals surface area contributed by atoms with Crippen molar-refractivity contribution in [2.45, 2.75) is 12.5 Å². The SMILES string of the molecule is CN(C(=O)COCCOc1ccccc1)C(Cc1ccccc1)C(=O)O. The first-order valence-corrected chi connectivity index (χ1v) is 8.36. The van der Waals surface area contributed by atoms with E-state index in [1.165, 1.54) is 11.9 Å². The van der Waals surface area contributed by atoms with E-state index in [0.717, 1.165) is 11.3 Å². The van der Waals surface area contributed by atoms with Crippen LogP contribution in [0, 0.1) is 0 Å². The number of para-hydroxylation sites is 1. The van der Waals surface area contributed by atoms with Gasteiger partial charge in [0.15, 0.2) is 0 Å². The summed E-state index contributed by atoms with van der Waals surface area (Å²) in [4.78, 5) is 25.0. The lowest BCUT2D eigenvalue weighted by Crippen LogP contribution is -2.45. The van der Waals surface area contributed by atoms with Crippen molar-refractivity contribution < 1.29 is 24.2 Å². The van der Waals surface area contributed by atoms with Gasteiger partial charge in [-0.3, -0.25) is 4.79 Å². The Morgan fingerprint density at radius 3 is 2.23 bits per heavy atom. The lowest BCUT2D eigenvalue weighted by atomic mass is 10.1. The zero-order valence-electron chi connectivity index (χ0n) is 14.7. The number of hydrogen-bond acceptors (Lipinski definition) is 4. The van der Waals surface area contributed by atoms with E-state index in [9.17, 15) is 14.7 Å². The monoisotopic (exact) mass is 357 g/mol. The van der Waals surface area contributed by atoms with Crippen LogP contribution >= 0.6 is 0 Å². The molecule has 0 aliphatic carbocycles. The number of amides is 1. The number of carboxylic acids is 1. The Labute approximate surface area is 153 Å². The molecule has 26 heavy (non-hydrogen) atoms. The summed E-state index contributed by atoms with van der Waals surface area (Å²) in [5, 5.41) is 9.43. The average Bonchev–Trinajstić information content (AvgIpc) is 2.66. The predicted octanol–water partition coefficient (Wildman–Crippen LogP) is 2.24.